The summed E-state index contributed by atoms with van der Waals surface area (Å²) in [6.45, 7) is -0.126. The Balaban J connectivity index is 3.08. The Hall–Kier alpha value is -1.44. The highest BCUT2D eigenvalue weighted by molar-refractivity contribution is 7.73. The van der Waals surface area contributed by atoms with Crippen molar-refractivity contribution in [1.82, 2.24) is 5.01 Å². The molecule has 0 fully saturated rings. The molecule has 0 aliphatic carbocycles. The Bertz CT molecular complexity index is 334. The lowest BCUT2D eigenvalue weighted by molar-refractivity contribution is 0.231. The number of rotatable bonds is 0. The Labute approximate surface area is 63.0 Å². The summed E-state index contributed by atoms with van der Waals surface area (Å²) in [6, 6.07) is -0.953. The predicted octanol–water partition coefficient (Wildman–Crippen LogP) is -1.24. The quantitative estimate of drug-likeness (QED) is 0.466. The van der Waals surface area contributed by atoms with Gasteiger partial charge in [0.15, 0.2) is 4.99 Å². The van der Waals surface area contributed by atoms with E-state index in [1.165, 1.54) is 0 Å². The van der Waals surface area contributed by atoms with Gasteiger partial charge >= 0.3 is 6.03 Å². The highest BCUT2D eigenvalue weighted by Gasteiger charge is 2.22. The molecule has 1 aliphatic rings. The van der Waals surface area contributed by atoms with E-state index in [0.29, 0.717) is 5.01 Å². The Morgan fingerprint density at radius 3 is 2.64 bits per heavy atom. The first-order chi connectivity index (χ1) is 5.13. The lowest BCUT2D eigenvalue weighted by Gasteiger charge is -2.02. The van der Waals surface area contributed by atoms with Crippen LogP contribution in [0.4, 0.5) is 4.79 Å². The molecule has 0 bridgehead atoms. The Morgan fingerprint density at radius 2 is 2.27 bits per heavy atom. The average Bonchev–Trinajstić information content (AvgIpc) is 2.32. The van der Waals surface area contributed by atoms with Gasteiger partial charge in [-0.15, -0.1) is 0 Å². The van der Waals surface area contributed by atoms with E-state index in [2.05, 4.69) is 10.3 Å². The van der Waals surface area contributed by atoms with Crippen LogP contribution in [0.1, 0.15) is 0 Å². The van der Waals surface area contributed by atoms with E-state index < -0.39 is 16.3 Å². The van der Waals surface area contributed by atoms with E-state index in [-0.39, 0.29) is 11.5 Å². The van der Waals surface area contributed by atoms with E-state index in [0.717, 1.165) is 0 Å². The van der Waals surface area contributed by atoms with Gasteiger partial charge in [-0.3, -0.25) is 0 Å². The van der Waals surface area contributed by atoms with Crippen molar-refractivity contribution < 1.29 is 13.2 Å². The second-order valence-corrected chi connectivity index (χ2v) is 2.61. The zero-order chi connectivity index (χ0) is 8.43. The van der Waals surface area contributed by atoms with Crippen molar-refractivity contribution >= 4 is 21.3 Å². The standard InChI is InChI=1S/C3H4N4O3S/c4-3(8)7-2(11(9)10)1-5-6-7/h1H2,(H2,4,8). The number of nitrogens with two attached hydrogens (primary N) is 1. The first kappa shape index (κ1) is 7.66. The zero-order valence-corrected chi connectivity index (χ0v) is 6.08. The number of primary amides is 1. The maximum absolute atomic E-state index is 10.4. The lowest BCUT2D eigenvalue weighted by Crippen LogP contribution is -2.35. The predicted molar refractivity (Wildman–Crippen MR) is 35.1 cm³/mol. The van der Waals surface area contributed by atoms with Gasteiger partial charge in [-0.05, 0) is 0 Å². The van der Waals surface area contributed by atoms with Crippen molar-refractivity contribution in [3.8, 4) is 0 Å². The minimum absolute atomic E-state index is 0.126. The highest BCUT2D eigenvalue weighted by atomic mass is 32.2. The average molecular weight is 176 g/mol. The molecule has 0 atom stereocenters. The fourth-order valence-electron chi connectivity index (χ4n) is 0.563. The largest absolute Gasteiger partial charge is 0.350 e. The van der Waals surface area contributed by atoms with Gasteiger partial charge in [-0.2, -0.15) is 18.5 Å². The van der Waals surface area contributed by atoms with Crippen LogP contribution >= 0.6 is 0 Å². The molecule has 0 spiro atoms. The molecule has 0 aromatic carbocycles. The van der Waals surface area contributed by atoms with Crippen LogP contribution in [0.2, 0.25) is 0 Å². The van der Waals surface area contributed by atoms with E-state index in [4.69, 9.17) is 5.73 Å². The smallest absolute Gasteiger partial charge is 0.342 e. The first-order valence-electron chi connectivity index (χ1n) is 2.55. The van der Waals surface area contributed by atoms with E-state index in [9.17, 15) is 13.2 Å². The van der Waals surface area contributed by atoms with Crippen molar-refractivity contribution in [2.45, 2.75) is 0 Å². The molecule has 0 saturated carbocycles. The summed E-state index contributed by atoms with van der Waals surface area (Å²) in [7, 11) is -2.49. The van der Waals surface area contributed by atoms with Crippen molar-refractivity contribution in [1.29, 1.82) is 0 Å². The van der Waals surface area contributed by atoms with Gasteiger partial charge in [0, 0.05) is 0 Å². The second-order valence-electron chi connectivity index (χ2n) is 1.67. The minimum atomic E-state index is -2.49. The molecule has 11 heavy (non-hydrogen) atoms. The molecule has 2 N–H and O–H groups in total. The number of amides is 2. The van der Waals surface area contributed by atoms with Crippen LogP contribution in [0, 0.1) is 0 Å². The molecule has 1 aliphatic heterocycles. The molecular weight excluding hydrogens is 172 g/mol. The van der Waals surface area contributed by atoms with Crippen LogP contribution in [-0.2, 0) is 10.3 Å². The van der Waals surface area contributed by atoms with E-state index in [1.54, 1.807) is 0 Å². The third-order valence-electron chi connectivity index (χ3n) is 0.996. The molecule has 1 heterocycles. The van der Waals surface area contributed by atoms with Crippen molar-refractivity contribution in [2.24, 2.45) is 16.1 Å². The summed E-state index contributed by atoms with van der Waals surface area (Å²) < 4.78 is 20.6. The number of carbonyl (C=O) groups is 1. The summed E-state index contributed by atoms with van der Waals surface area (Å²) in [5.41, 5.74) is 4.76. The van der Waals surface area contributed by atoms with Crippen LogP contribution in [0.5, 0.6) is 0 Å². The van der Waals surface area contributed by atoms with Gasteiger partial charge in [0.2, 0.25) is 10.3 Å². The van der Waals surface area contributed by atoms with E-state index in [1.807, 2.05) is 0 Å². The summed E-state index contributed by atoms with van der Waals surface area (Å²) >= 11 is 0. The Morgan fingerprint density at radius 1 is 1.64 bits per heavy atom. The molecule has 0 aromatic heterocycles. The fourth-order valence-corrected chi connectivity index (χ4v) is 0.993. The van der Waals surface area contributed by atoms with Gasteiger partial charge in [0.1, 0.15) is 6.54 Å². The maximum Gasteiger partial charge on any atom is 0.342 e. The third kappa shape index (κ3) is 1.34. The monoisotopic (exact) mass is 176 g/mol. The van der Waals surface area contributed by atoms with Gasteiger partial charge in [0.25, 0.3) is 0 Å². The maximum atomic E-state index is 10.4. The highest BCUT2D eigenvalue weighted by Crippen LogP contribution is 2.01. The molecule has 0 radical (unpaired) electrons. The lowest BCUT2D eigenvalue weighted by atomic mass is 10.6. The molecular formula is C3H4N4O3S. The molecule has 7 nitrogen and oxygen atoms in total. The molecule has 1 rings (SSSR count). The second kappa shape index (κ2) is 2.66. The summed E-state index contributed by atoms with van der Waals surface area (Å²) in [5.74, 6) is 0. The summed E-state index contributed by atoms with van der Waals surface area (Å²) in [6.07, 6.45) is 0. The van der Waals surface area contributed by atoms with Gasteiger partial charge in [-0.25, -0.2) is 4.79 Å². The van der Waals surface area contributed by atoms with Crippen LogP contribution in [0.3, 0.4) is 0 Å². The van der Waals surface area contributed by atoms with Crippen LogP contribution in [0.15, 0.2) is 10.3 Å². The third-order valence-corrected chi connectivity index (χ3v) is 1.68. The van der Waals surface area contributed by atoms with E-state index >= 15 is 0 Å². The summed E-state index contributed by atoms with van der Waals surface area (Å²) in [5, 5.41) is 7.05. The van der Waals surface area contributed by atoms with Gasteiger partial charge in [0.05, 0.1) is 0 Å². The number of carbonyl (C=O) groups excluding carboxylic acids is 1. The molecule has 8 heteroatoms. The van der Waals surface area contributed by atoms with Crippen LogP contribution < -0.4 is 5.73 Å². The van der Waals surface area contributed by atoms with Crippen molar-refractivity contribution in [2.75, 3.05) is 6.54 Å². The zero-order valence-electron chi connectivity index (χ0n) is 5.26. The normalized spacial score (nSPS) is 15.6. The number of hydrogen-bond acceptors (Lipinski definition) is 5. The molecule has 0 saturated heterocycles. The molecule has 2 amide bonds. The number of nitrogens with zero attached hydrogens (tertiary/aromatic N) is 3. The van der Waals surface area contributed by atoms with Crippen LogP contribution in [0.25, 0.3) is 0 Å². The topological polar surface area (TPSA) is 105 Å². The molecule has 60 valence electrons. The van der Waals surface area contributed by atoms with Crippen LogP contribution in [-0.4, -0.2) is 31.0 Å². The Kier molecular flexibility index (Phi) is 1.85. The first-order valence-corrected chi connectivity index (χ1v) is 3.62. The number of urea groups is 1. The SMILES string of the molecule is NC(=O)N1N=NCC1=S(=O)=O. The van der Waals surface area contributed by atoms with Gasteiger partial charge in [-0.1, -0.05) is 5.22 Å². The molecule has 0 unspecified atom stereocenters. The molecule has 0 aromatic rings. The minimum Gasteiger partial charge on any atom is -0.350 e. The van der Waals surface area contributed by atoms with Crippen molar-refractivity contribution in [3.63, 3.8) is 0 Å². The fraction of sp³-hybridized carbons (Fsp3) is 0.333. The number of hydrogen-bond donors (Lipinski definition) is 1. The van der Waals surface area contributed by atoms with Crippen molar-refractivity contribution in [3.05, 3.63) is 0 Å². The summed E-state index contributed by atoms with van der Waals surface area (Å²) in [4.78, 5) is 10.2. The van der Waals surface area contributed by atoms with Gasteiger partial charge < -0.3 is 5.73 Å².